The van der Waals surface area contributed by atoms with Gasteiger partial charge in [-0.05, 0) is 56.1 Å². The van der Waals surface area contributed by atoms with Crippen LogP contribution in [0.4, 0.5) is 0 Å². The second-order valence-electron chi connectivity index (χ2n) is 4.62. The Bertz CT molecular complexity index is 535. The standard InChI is InChI=1S/C15H19N3/c1-10-8-12(3)13(9-11(10)2)14(16-4)15-17-6-5-7-18-15/h5-9,14,16H,1-4H3. The molecule has 0 radical (unpaired) electrons. The van der Waals surface area contributed by atoms with Crippen LogP contribution in [0.1, 0.15) is 34.1 Å². The van der Waals surface area contributed by atoms with Crippen molar-refractivity contribution in [1.29, 1.82) is 0 Å². The molecular weight excluding hydrogens is 222 g/mol. The van der Waals surface area contributed by atoms with Crippen LogP contribution in [0.3, 0.4) is 0 Å². The zero-order valence-electron chi connectivity index (χ0n) is 11.4. The predicted octanol–water partition coefficient (Wildman–Crippen LogP) is 2.71. The minimum Gasteiger partial charge on any atom is -0.307 e. The lowest BCUT2D eigenvalue weighted by atomic mass is 9.95. The summed E-state index contributed by atoms with van der Waals surface area (Å²) in [7, 11) is 1.94. The maximum absolute atomic E-state index is 4.35. The van der Waals surface area contributed by atoms with E-state index in [9.17, 15) is 0 Å². The lowest BCUT2D eigenvalue weighted by Crippen LogP contribution is -2.21. The van der Waals surface area contributed by atoms with Gasteiger partial charge in [-0.25, -0.2) is 9.97 Å². The Morgan fingerprint density at radius 3 is 2.17 bits per heavy atom. The highest BCUT2D eigenvalue weighted by Crippen LogP contribution is 2.24. The summed E-state index contributed by atoms with van der Waals surface area (Å²) in [6.45, 7) is 6.41. The van der Waals surface area contributed by atoms with Crippen LogP contribution in [0.2, 0.25) is 0 Å². The van der Waals surface area contributed by atoms with E-state index in [1.165, 1.54) is 22.3 Å². The van der Waals surface area contributed by atoms with Crippen LogP contribution in [-0.2, 0) is 0 Å². The molecule has 1 N–H and O–H groups in total. The smallest absolute Gasteiger partial charge is 0.149 e. The van der Waals surface area contributed by atoms with Gasteiger partial charge in [0.25, 0.3) is 0 Å². The molecular formula is C15H19N3. The SMILES string of the molecule is CNC(c1ncccn1)c1cc(C)c(C)cc1C. The van der Waals surface area contributed by atoms with Gasteiger partial charge in [0, 0.05) is 12.4 Å². The summed E-state index contributed by atoms with van der Waals surface area (Å²) in [6.07, 6.45) is 3.56. The molecule has 0 amide bonds. The van der Waals surface area contributed by atoms with E-state index in [4.69, 9.17) is 0 Å². The van der Waals surface area contributed by atoms with Crippen molar-refractivity contribution in [3.05, 3.63) is 58.7 Å². The number of hydrogen-bond acceptors (Lipinski definition) is 3. The summed E-state index contributed by atoms with van der Waals surface area (Å²) >= 11 is 0. The average Bonchev–Trinajstić information content (AvgIpc) is 2.38. The number of aryl methyl sites for hydroxylation is 3. The van der Waals surface area contributed by atoms with Gasteiger partial charge >= 0.3 is 0 Å². The first-order valence-electron chi connectivity index (χ1n) is 6.15. The topological polar surface area (TPSA) is 37.8 Å². The Morgan fingerprint density at radius 1 is 0.944 bits per heavy atom. The molecule has 0 aliphatic carbocycles. The molecule has 1 aromatic heterocycles. The molecule has 3 heteroatoms. The van der Waals surface area contributed by atoms with E-state index in [2.05, 4.69) is 48.2 Å². The quantitative estimate of drug-likeness (QED) is 0.897. The highest BCUT2D eigenvalue weighted by molar-refractivity contribution is 5.40. The molecule has 0 saturated carbocycles. The average molecular weight is 241 g/mol. The van der Waals surface area contributed by atoms with Gasteiger partial charge in [-0.1, -0.05) is 12.1 Å². The van der Waals surface area contributed by atoms with Crippen molar-refractivity contribution in [2.45, 2.75) is 26.8 Å². The van der Waals surface area contributed by atoms with Crippen LogP contribution in [-0.4, -0.2) is 17.0 Å². The Hall–Kier alpha value is -1.74. The van der Waals surface area contributed by atoms with Crippen molar-refractivity contribution in [2.24, 2.45) is 0 Å². The molecule has 0 aliphatic rings. The molecule has 1 unspecified atom stereocenters. The molecule has 0 spiro atoms. The summed E-state index contributed by atoms with van der Waals surface area (Å²) in [5.74, 6) is 0.811. The predicted molar refractivity (Wildman–Crippen MR) is 73.6 cm³/mol. The zero-order valence-corrected chi connectivity index (χ0v) is 11.4. The highest BCUT2D eigenvalue weighted by Gasteiger charge is 2.17. The van der Waals surface area contributed by atoms with Crippen LogP contribution in [0.15, 0.2) is 30.6 Å². The molecule has 1 aromatic carbocycles. The summed E-state index contributed by atoms with van der Waals surface area (Å²) in [5.41, 5.74) is 5.13. The first-order chi connectivity index (χ1) is 8.63. The van der Waals surface area contributed by atoms with Crippen molar-refractivity contribution in [3.63, 3.8) is 0 Å². The monoisotopic (exact) mass is 241 g/mol. The van der Waals surface area contributed by atoms with Crippen LogP contribution in [0, 0.1) is 20.8 Å². The fourth-order valence-corrected chi connectivity index (χ4v) is 2.18. The number of nitrogens with zero attached hydrogens (tertiary/aromatic N) is 2. The van der Waals surface area contributed by atoms with Crippen LogP contribution < -0.4 is 5.32 Å². The molecule has 1 atom stereocenters. The third-order valence-corrected chi connectivity index (χ3v) is 3.33. The Balaban J connectivity index is 2.49. The third-order valence-electron chi connectivity index (χ3n) is 3.33. The van der Waals surface area contributed by atoms with Crippen molar-refractivity contribution in [2.75, 3.05) is 7.05 Å². The van der Waals surface area contributed by atoms with E-state index in [-0.39, 0.29) is 6.04 Å². The lowest BCUT2D eigenvalue weighted by molar-refractivity contribution is 0.642. The van der Waals surface area contributed by atoms with Gasteiger partial charge in [0.1, 0.15) is 5.82 Å². The van der Waals surface area contributed by atoms with Crippen molar-refractivity contribution in [1.82, 2.24) is 15.3 Å². The lowest BCUT2D eigenvalue weighted by Gasteiger charge is -2.19. The maximum Gasteiger partial charge on any atom is 0.149 e. The molecule has 18 heavy (non-hydrogen) atoms. The second-order valence-corrected chi connectivity index (χ2v) is 4.62. The molecule has 0 bridgehead atoms. The van der Waals surface area contributed by atoms with Crippen molar-refractivity contribution < 1.29 is 0 Å². The van der Waals surface area contributed by atoms with Gasteiger partial charge in [-0.15, -0.1) is 0 Å². The van der Waals surface area contributed by atoms with Gasteiger partial charge in [-0.2, -0.15) is 0 Å². The minimum atomic E-state index is 0.0468. The summed E-state index contributed by atoms with van der Waals surface area (Å²) in [4.78, 5) is 8.69. The van der Waals surface area contributed by atoms with Crippen molar-refractivity contribution in [3.8, 4) is 0 Å². The number of aromatic nitrogens is 2. The third kappa shape index (κ3) is 2.41. The molecule has 0 fully saturated rings. The van der Waals surface area contributed by atoms with Gasteiger partial charge < -0.3 is 5.32 Å². The second kappa shape index (κ2) is 5.27. The van der Waals surface area contributed by atoms with E-state index in [0.717, 1.165) is 5.82 Å². The number of hydrogen-bond donors (Lipinski definition) is 1. The Morgan fingerprint density at radius 2 is 1.56 bits per heavy atom. The van der Waals surface area contributed by atoms with Crippen LogP contribution in [0.5, 0.6) is 0 Å². The molecule has 0 saturated heterocycles. The summed E-state index contributed by atoms with van der Waals surface area (Å²) in [5, 5.41) is 3.30. The number of nitrogens with one attached hydrogen (secondary N) is 1. The normalized spacial score (nSPS) is 12.4. The van der Waals surface area contributed by atoms with E-state index < -0.39 is 0 Å². The molecule has 2 aromatic rings. The molecule has 3 nitrogen and oxygen atoms in total. The van der Waals surface area contributed by atoms with Gasteiger partial charge in [-0.3, -0.25) is 0 Å². The van der Waals surface area contributed by atoms with Gasteiger partial charge in [0.15, 0.2) is 0 Å². The molecule has 94 valence electrons. The van der Waals surface area contributed by atoms with Crippen LogP contribution in [0.25, 0.3) is 0 Å². The first kappa shape index (κ1) is 12.7. The minimum absolute atomic E-state index is 0.0468. The van der Waals surface area contributed by atoms with Gasteiger partial charge in [0.05, 0.1) is 6.04 Å². The maximum atomic E-state index is 4.35. The van der Waals surface area contributed by atoms with E-state index >= 15 is 0 Å². The summed E-state index contributed by atoms with van der Waals surface area (Å²) in [6, 6.07) is 6.33. The molecule has 0 aliphatic heterocycles. The first-order valence-corrected chi connectivity index (χ1v) is 6.15. The summed E-state index contributed by atoms with van der Waals surface area (Å²) < 4.78 is 0. The zero-order chi connectivity index (χ0) is 13.1. The molecule has 1 heterocycles. The Labute approximate surface area is 108 Å². The number of rotatable bonds is 3. The van der Waals surface area contributed by atoms with E-state index in [0.29, 0.717) is 0 Å². The van der Waals surface area contributed by atoms with Gasteiger partial charge in [0.2, 0.25) is 0 Å². The molecule has 2 rings (SSSR count). The fraction of sp³-hybridized carbons (Fsp3) is 0.333. The fourth-order valence-electron chi connectivity index (χ4n) is 2.18. The van der Waals surface area contributed by atoms with E-state index in [1.807, 2.05) is 13.1 Å². The van der Waals surface area contributed by atoms with E-state index in [1.54, 1.807) is 12.4 Å². The van der Waals surface area contributed by atoms with Crippen LogP contribution >= 0.6 is 0 Å². The largest absolute Gasteiger partial charge is 0.307 e. The number of benzene rings is 1. The Kier molecular flexibility index (Phi) is 3.72. The highest BCUT2D eigenvalue weighted by atomic mass is 15.0. The van der Waals surface area contributed by atoms with Crippen molar-refractivity contribution >= 4 is 0 Å².